The summed E-state index contributed by atoms with van der Waals surface area (Å²) in [5.74, 6) is -0.148. The van der Waals surface area contributed by atoms with Crippen LogP contribution in [0.1, 0.15) is 36.7 Å². The first-order valence-corrected chi connectivity index (χ1v) is 11.7. The van der Waals surface area contributed by atoms with Crippen molar-refractivity contribution in [1.29, 1.82) is 0 Å². The molecule has 1 amide bonds. The number of hydrogen-bond acceptors (Lipinski definition) is 4. The van der Waals surface area contributed by atoms with E-state index in [1.165, 1.54) is 0 Å². The first-order valence-electron chi connectivity index (χ1n) is 9.53. The van der Waals surface area contributed by atoms with Gasteiger partial charge in [0.05, 0.1) is 22.0 Å². The molecule has 0 bridgehead atoms. The van der Waals surface area contributed by atoms with Gasteiger partial charge in [0.25, 0.3) is 5.91 Å². The number of sulfone groups is 1. The fourth-order valence-electron chi connectivity index (χ4n) is 3.70. The van der Waals surface area contributed by atoms with E-state index in [4.69, 9.17) is 16.7 Å². The van der Waals surface area contributed by atoms with E-state index in [0.717, 1.165) is 22.2 Å². The zero-order valence-electron chi connectivity index (χ0n) is 16.2. The molecule has 1 fully saturated rings. The van der Waals surface area contributed by atoms with Gasteiger partial charge in [-0.05, 0) is 44.5 Å². The van der Waals surface area contributed by atoms with Gasteiger partial charge in [-0.15, -0.1) is 0 Å². The third-order valence-corrected chi connectivity index (χ3v) is 7.25. The Kier molecular flexibility index (Phi) is 5.12. The molecule has 2 aromatic carbocycles. The van der Waals surface area contributed by atoms with Crippen molar-refractivity contribution in [2.75, 3.05) is 11.5 Å². The molecule has 1 atom stereocenters. The van der Waals surface area contributed by atoms with Gasteiger partial charge in [-0.3, -0.25) is 9.48 Å². The lowest BCUT2D eigenvalue weighted by Crippen LogP contribution is -2.35. The van der Waals surface area contributed by atoms with E-state index >= 15 is 0 Å². The van der Waals surface area contributed by atoms with Crippen LogP contribution in [0.2, 0.25) is 5.02 Å². The minimum Gasteiger partial charge on any atom is -0.348 e. The second kappa shape index (κ2) is 7.46. The number of carbonyl (C=O) groups is 1. The number of nitrogens with zero attached hydrogens (tertiary/aromatic N) is 2. The predicted octanol–water partition coefficient (Wildman–Crippen LogP) is 3.85. The van der Waals surface area contributed by atoms with Crippen LogP contribution in [0.5, 0.6) is 0 Å². The van der Waals surface area contributed by atoms with Gasteiger partial charge in [-0.1, -0.05) is 29.8 Å². The average Bonchev–Trinajstić information content (AvgIpc) is 3.21. The third-order valence-electron chi connectivity index (χ3n) is 5.16. The van der Waals surface area contributed by atoms with Gasteiger partial charge in [0.15, 0.2) is 9.84 Å². The second-order valence-electron chi connectivity index (χ2n) is 7.67. The molecule has 1 unspecified atom stereocenters. The summed E-state index contributed by atoms with van der Waals surface area (Å²) in [4.78, 5) is 12.7. The standard InChI is InChI=1S/C21H22ClN3O3S/c1-13(2)25-19-11-14(21(26)23-15-9-10-29(27,28)12-15)7-8-17(19)20(24-25)16-5-3-4-6-18(16)22/h3-8,11,13,15H,9-10,12H2,1-2H3,(H,23,26). The molecule has 1 aromatic heterocycles. The Morgan fingerprint density at radius 1 is 1.24 bits per heavy atom. The first kappa shape index (κ1) is 19.9. The highest BCUT2D eigenvalue weighted by atomic mass is 35.5. The van der Waals surface area contributed by atoms with Crippen LogP contribution in [0, 0.1) is 0 Å². The lowest BCUT2D eigenvalue weighted by molar-refractivity contribution is 0.0941. The van der Waals surface area contributed by atoms with E-state index in [1.54, 1.807) is 6.07 Å². The van der Waals surface area contributed by atoms with Gasteiger partial charge in [0.1, 0.15) is 5.69 Å². The highest BCUT2D eigenvalue weighted by Gasteiger charge is 2.29. The molecule has 0 radical (unpaired) electrons. The van der Waals surface area contributed by atoms with Crippen LogP contribution in [0.4, 0.5) is 0 Å². The summed E-state index contributed by atoms with van der Waals surface area (Å²) in [6.45, 7) is 4.05. The van der Waals surface area contributed by atoms with Crippen LogP contribution >= 0.6 is 11.6 Å². The highest BCUT2D eigenvalue weighted by Crippen LogP contribution is 2.34. The number of fused-ring (bicyclic) bond motifs is 1. The molecule has 1 saturated heterocycles. The van der Waals surface area contributed by atoms with Crippen LogP contribution in [0.25, 0.3) is 22.2 Å². The van der Waals surface area contributed by atoms with E-state index in [1.807, 2.05) is 54.9 Å². The Labute approximate surface area is 174 Å². The van der Waals surface area contributed by atoms with Gasteiger partial charge >= 0.3 is 0 Å². The Morgan fingerprint density at radius 3 is 2.66 bits per heavy atom. The number of halogens is 1. The third kappa shape index (κ3) is 3.89. The number of benzene rings is 2. The van der Waals surface area contributed by atoms with E-state index < -0.39 is 9.84 Å². The lowest BCUT2D eigenvalue weighted by atomic mass is 10.1. The van der Waals surface area contributed by atoms with Crippen molar-refractivity contribution in [2.45, 2.75) is 32.4 Å². The fourth-order valence-corrected chi connectivity index (χ4v) is 5.60. The Bertz CT molecular complexity index is 1200. The molecular weight excluding hydrogens is 410 g/mol. The van der Waals surface area contributed by atoms with Gasteiger partial charge in [-0.25, -0.2) is 8.42 Å². The molecule has 6 nitrogen and oxygen atoms in total. The SMILES string of the molecule is CC(C)n1nc(-c2ccccc2Cl)c2ccc(C(=O)NC3CCS(=O)(=O)C3)cc21. The van der Waals surface area contributed by atoms with Crippen LogP contribution in [0.15, 0.2) is 42.5 Å². The summed E-state index contributed by atoms with van der Waals surface area (Å²) < 4.78 is 25.2. The number of hydrogen-bond donors (Lipinski definition) is 1. The Balaban J connectivity index is 1.73. The monoisotopic (exact) mass is 431 g/mol. The molecule has 8 heteroatoms. The maximum absolute atomic E-state index is 12.7. The minimum absolute atomic E-state index is 0.00155. The summed E-state index contributed by atoms with van der Waals surface area (Å²) in [5.41, 5.74) is 2.93. The molecule has 2 heterocycles. The van der Waals surface area contributed by atoms with Crippen molar-refractivity contribution < 1.29 is 13.2 Å². The maximum Gasteiger partial charge on any atom is 0.251 e. The van der Waals surface area contributed by atoms with E-state index in [-0.39, 0.29) is 29.5 Å². The van der Waals surface area contributed by atoms with Gasteiger partial charge in [0.2, 0.25) is 0 Å². The van der Waals surface area contributed by atoms with Crippen LogP contribution in [0.3, 0.4) is 0 Å². The zero-order chi connectivity index (χ0) is 20.8. The van der Waals surface area contributed by atoms with E-state index in [2.05, 4.69) is 5.32 Å². The smallest absolute Gasteiger partial charge is 0.251 e. The zero-order valence-corrected chi connectivity index (χ0v) is 17.8. The van der Waals surface area contributed by atoms with Crippen molar-refractivity contribution in [2.24, 2.45) is 0 Å². The molecule has 1 N–H and O–H groups in total. The van der Waals surface area contributed by atoms with Crippen molar-refractivity contribution >= 4 is 38.2 Å². The lowest BCUT2D eigenvalue weighted by Gasteiger charge is -2.12. The summed E-state index contributed by atoms with van der Waals surface area (Å²) >= 11 is 6.39. The van der Waals surface area contributed by atoms with Crippen LogP contribution in [-0.4, -0.2) is 41.7 Å². The first-order chi connectivity index (χ1) is 13.7. The van der Waals surface area contributed by atoms with Crippen molar-refractivity contribution in [3.05, 3.63) is 53.1 Å². The fraction of sp³-hybridized carbons (Fsp3) is 0.333. The summed E-state index contributed by atoms with van der Waals surface area (Å²) in [6.07, 6.45) is 0.455. The molecule has 29 heavy (non-hydrogen) atoms. The van der Waals surface area contributed by atoms with E-state index in [0.29, 0.717) is 17.0 Å². The molecule has 0 aliphatic carbocycles. The Morgan fingerprint density at radius 2 is 2.00 bits per heavy atom. The number of nitrogens with one attached hydrogen (secondary N) is 1. The molecular formula is C21H22ClN3O3S. The van der Waals surface area contributed by atoms with Gasteiger partial charge in [-0.2, -0.15) is 5.10 Å². The topological polar surface area (TPSA) is 81.1 Å². The summed E-state index contributed by atoms with van der Waals surface area (Å²) in [7, 11) is -3.05. The summed E-state index contributed by atoms with van der Waals surface area (Å²) in [6, 6.07) is 12.7. The van der Waals surface area contributed by atoms with E-state index in [9.17, 15) is 13.2 Å². The average molecular weight is 432 g/mol. The second-order valence-corrected chi connectivity index (χ2v) is 10.3. The molecule has 0 spiro atoms. The van der Waals surface area contributed by atoms with Gasteiger partial charge in [0, 0.05) is 28.6 Å². The predicted molar refractivity (Wildman–Crippen MR) is 115 cm³/mol. The molecule has 152 valence electrons. The molecule has 1 aliphatic rings. The number of rotatable bonds is 4. The molecule has 1 aliphatic heterocycles. The van der Waals surface area contributed by atoms with Crippen LogP contribution < -0.4 is 5.32 Å². The highest BCUT2D eigenvalue weighted by molar-refractivity contribution is 7.91. The van der Waals surface area contributed by atoms with Gasteiger partial charge < -0.3 is 5.32 Å². The number of amides is 1. The van der Waals surface area contributed by atoms with Crippen molar-refractivity contribution in [3.8, 4) is 11.3 Å². The maximum atomic E-state index is 12.7. The number of carbonyl (C=O) groups excluding carboxylic acids is 1. The summed E-state index contributed by atoms with van der Waals surface area (Å²) in [5, 5.41) is 9.13. The largest absolute Gasteiger partial charge is 0.348 e. The van der Waals surface area contributed by atoms with Crippen LogP contribution in [-0.2, 0) is 9.84 Å². The van der Waals surface area contributed by atoms with Crippen molar-refractivity contribution in [1.82, 2.24) is 15.1 Å². The molecule has 3 aromatic rings. The van der Waals surface area contributed by atoms with Crippen molar-refractivity contribution in [3.63, 3.8) is 0 Å². The minimum atomic E-state index is -3.05. The molecule has 4 rings (SSSR count). The Hall–Kier alpha value is -2.38. The normalized spacial score (nSPS) is 18.4. The quantitative estimate of drug-likeness (QED) is 0.680. The number of aromatic nitrogens is 2. The molecule has 0 saturated carbocycles.